The molecule has 0 bridgehead atoms. The Balaban J connectivity index is 2.45. The first-order chi connectivity index (χ1) is 8.74. The molecule has 1 heterocycles. The summed E-state index contributed by atoms with van der Waals surface area (Å²) in [5.74, 6) is 5.72. The van der Waals surface area contributed by atoms with Crippen LogP contribution in [0, 0.1) is 0 Å². The maximum atomic E-state index is 11.9. The lowest BCUT2D eigenvalue weighted by atomic mass is 10.0. The standard InChI is InChI=1S/C13H25N3O3/c1-5-11(17)16(14)10-6-8-15(9-7-10)12(18)19-13(2,3)4/h10H,5-9,14H2,1-4H3. The first kappa shape index (κ1) is 15.8. The van der Waals surface area contributed by atoms with Crippen molar-refractivity contribution >= 4 is 12.0 Å². The molecule has 1 saturated heterocycles. The maximum Gasteiger partial charge on any atom is 0.410 e. The first-order valence-corrected chi connectivity index (χ1v) is 6.79. The van der Waals surface area contributed by atoms with E-state index in [0.717, 1.165) is 0 Å². The zero-order valence-corrected chi connectivity index (χ0v) is 12.3. The van der Waals surface area contributed by atoms with Crippen molar-refractivity contribution in [1.82, 2.24) is 9.91 Å². The summed E-state index contributed by atoms with van der Waals surface area (Å²) in [5.41, 5.74) is -0.480. The molecule has 0 saturated carbocycles. The van der Waals surface area contributed by atoms with Crippen LogP contribution in [0.5, 0.6) is 0 Å². The van der Waals surface area contributed by atoms with Crippen LogP contribution in [0.1, 0.15) is 47.0 Å². The van der Waals surface area contributed by atoms with Gasteiger partial charge in [-0.2, -0.15) is 0 Å². The Hall–Kier alpha value is -1.30. The van der Waals surface area contributed by atoms with Crippen molar-refractivity contribution in [3.8, 4) is 0 Å². The normalized spacial score (nSPS) is 17.2. The van der Waals surface area contributed by atoms with E-state index in [-0.39, 0.29) is 18.0 Å². The van der Waals surface area contributed by atoms with Crippen molar-refractivity contribution in [1.29, 1.82) is 0 Å². The minimum atomic E-state index is -0.480. The molecule has 0 aromatic carbocycles. The summed E-state index contributed by atoms with van der Waals surface area (Å²) in [7, 11) is 0. The lowest BCUT2D eigenvalue weighted by Gasteiger charge is -2.36. The van der Waals surface area contributed by atoms with Crippen LogP contribution < -0.4 is 5.84 Å². The van der Waals surface area contributed by atoms with Crippen molar-refractivity contribution in [2.75, 3.05) is 13.1 Å². The maximum absolute atomic E-state index is 11.9. The molecule has 2 amide bonds. The molecule has 6 heteroatoms. The Labute approximate surface area is 114 Å². The number of nitrogens with two attached hydrogens (primary N) is 1. The number of nitrogens with zero attached hydrogens (tertiary/aromatic N) is 2. The molecule has 2 N–H and O–H groups in total. The number of hydrazine groups is 1. The van der Waals surface area contributed by atoms with Crippen molar-refractivity contribution in [3.05, 3.63) is 0 Å². The highest BCUT2D eigenvalue weighted by atomic mass is 16.6. The summed E-state index contributed by atoms with van der Waals surface area (Å²) in [6.45, 7) is 8.48. The van der Waals surface area contributed by atoms with Gasteiger partial charge in [0.05, 0.1) is 6.04 Å². The zero-order valence-electron chi connectivity index (χ0n) is 12.3. The molecule has 1 rings (SSSR count). The molecule has 0 radical (unpaired) electrons. The average Bonchev–Trinajstić information content (AvgIpc) is 2.35. The number of piperidine rings is 1. The SMILES string of the molecule is CCC(=O)N(N)C1CCN(C(=O)OC(C)(C)C)CC1. The van der Waals surface area contributed by atoms with Gasteiger partial charge in [0.1, 0.15) is 5.60 Å². The highest BCUT2D eigenvalue weighted by Gasteiger charge is 2.29. The van der Waals surface area contributed by atoms with Crippen LogP contribution in [0.25, 0.3) is 0 Å². The molecular weight excluding hydrogens is 246 g/mol. The largest absolute Gasteiger partial charge is 0.444 e. The van der Waals surface area contributed by atoms with Gasteiger partial charge in [0.15, 0.2) is 0 Å². The summed E-state index contributed by atoms with van der Waals surface area (Å²) in [5, 5.41) is 1.31. The molecule has 0 aromatic rings. The number of hydrogen-bond donors (Lipinski definition) is 1. The fourth-order valence-electron chi connectivity index (χ4n) is 2.04. The van der Waals surface area contributed by atoms with Gasteiger partial charge >= 0.3 is 6.09 Å². The predicted octanol–water partition coefficient (Wildman–Crippen LogP) is 1.50. The molecule has 0 aliphatic carbocycles. The fraction of sp³-hybridized carbons (Fsp3) is 0.846. The minimum absolute atomic E-state index is 0.0196. The van der Waals surface area contributed by atoms with Crippen molar-refractivity contribution in [2.45, 2.75) is 58.6 Å². The quantitative estimate of drug-likeness (QED) is 0.469. The van der Waals surface area contributed by atoms with E-state index in [1.54, 1.807) is 11.8 Å². The molecular formula is C13H25N3O3. The van der Waals surface area contributed by atoms with E-state index in [0.29, 0.717) is 32.4 Å². The van der Waals surface area contributed by atoms with Crippen LogP contribution in [-0.2, 0) is 9.53 Å². The summed E-state index contributed by atoms with van der Waals surface area (Å²) in [6, 6.07) is 0.0196. The Morgan fingerprint density at radius 3 is 2.26 bits per heavy atom. The third-order valence-electron chi connectivity index (χ3n) is 3.10. The second-order valence-electron chi connectivity index (χ2n) is 5.85. The van der Waals surface area contributed by atoms with Gasteiger partial charge in [0.2, 0.25) is 5.91 Å². The molecule has 6 nitrogen and oxygen atoms in total. The van der Waals surface area contributed by atoms with Gasteiger partial charge in [-0.15, -0.1) is 0 Å². The summed E-state index contributed by atoms with van der Waals surface area (Å²) >= 11 is 0. The van der Waals surface area contributed by atoms with Crippen LogP contribution in [0.4, 0.5) is 4.79 Å². The Morgan fingerprint density at radius 2 is 1.84 bits per heavy atom. The van der Waals surface area contributed by atoms with Gasteiger partial charge in [0.25, 0.3) is 0 Å². The second kappa shape index (κ2) is 6.23. The number of amides is 2. The van der Waals surface area contributed by atoms with Crippen LogP contribution in [-0.4, -0.2) is 46.6 Å². The highest BCUT2D eigenvalue weighted by Crippen LogP contribution is 2.18. The molecule has 0 unspecified atom stereocenters. The van der Waals surface area contributed by atoms with Crippen LogP contribution >= 0.6 is 0 Å². The van der Waals surface area contributed by atoms with E-state index in [2.05, 4.69) is 0 Å². The molecule has 19 heavy (non-hydrogen) atoms. The first-order valence-electron chi connectivity index (χ1n) is 6.79. The van der Waals surface area contributed by atoms with Crippen molar-refractivity contribution in [3.63, 3.8) is 0 Å². The van der Waals surface area contributed by atoms with Gasteiger partial charge in [-0.25, -0.2) is 10.6 Å². The van der Waals surface area contributed by atoms with Crippen LogP contribution in [0.15, 0.2) is 0 Å². The Kier molecular flexibility index (Phi) is 5.17. The average molecular weight is 271 g/mol. The monoisotopic (exact) mass is 271 g/mol. The van der Waals surface area contributed by atoms with E-state index < -0.39 is 5.60 Å². The molecule has 0 spiro atoms. The molecule has 0 aromatic heterocycles. The number of likely N-dealkylation sites (tertiary alicyclic amines) is 1. The van der Waals surface area contributed by atoms with Gasteiger partial charge in [-0.05, 0) is 33.6 Å². The van der Waals surface area contributed by atoms with E-state index in [1.807, 2.05) is 20.8 Å². The molecule has 110 valence electrons. The minimum Gasteiger partial charge on any atom is -0.444 e. The van der Waals surface area contributed by atoms with E-state index in [1.165, 1.54) is 5.01 Å². The van der Waals surface area contributed by atoms with Crippen LogP contribution in [0.3, 0.4) is 0 Å². The van der Waals surface area contributed by atoms with Crippen molar-refractivity contribution in [2.24, 2.45) is 5.84 Å². The van der Waals surface area contributed by atoms with Gasteiger partial charge in [-0.3, -0.25) is 9.80 Å². The molecule has 0 atom stereocenters. The number of hydrogen-bond acceptors (Lipinski definition) is 4. The van der Waals surface area contributed by atoms with Gasteiger partial charge in [0, 0.05) is 19.5 Å². The number of carbonyl (C=O) groups excluding carboxylic acids is 2. The summed E-state index contributed by atoms with van der Waals surface area (Å²) in [6.07, 6.45) is 1.50. The summed E-state index contributed by atoms with van der Waals surface area (Å²) in [4.78, 5) is 25.1. The Morgan fingerprint density at radius 1 is 1.32 bits per heavy atom. The van der Waals surface area contributed by atoms with E-state index >= 15 is 0 Å². The van der Waals surface area contributed by atoms with Gasteiger partial charge < -0.3 is 9.64 Å². The lowest BCUT2D eigenvalue weighted by Crippen LogP contribution is -2.52. The molecule has 1 aliphatic rings. The third-order valence-corrected chi connectivity index (χ3v) is 3.10. The summed E-state index contributed by atoms with van der Waals surface area (Å²) < 4.78 is 5.32. The van der Waals surface area contributed by atoms with Crippen molar-refractivity contribution < 1.29 is 14.3 Å². The van der Waals surface area contributed by atoms with Crippen LogP contribution in [0.2, 0.25) is 0 Å². The number of carbonyl (C=O) groups is 2. The number of rotatable bonds is 2. The Bertz CT molecular complexity index is 331. The predicted molar refractivity (Wildman–Crippen MR) is 72.2 cm³/mol. The lowest BCUT2D eigenvalue weighted by molar-refractivity contribution is -0.134. The third kappa shape index (κ3) is 4.70. The second-order valence-corrected chi connectivity index (χ2v) is 5.85. The van der Waals surface area contributed by atoms with E-state index in [4.69, 9.17) is 10.6 Å². The smallest absolute Gasteiger partial charge is 0.410 e. The molecule has 1 fully saturated rings. The number of ether oxygens (including phenoxy) is 1. The topological polar surface area (TPSA) is 75.9 Å². The van der Waals surface area contributed by atoms with E-state index in [9.17, 15) is 9.59 Å². The molecule has 1 aliphatic heterocycles. The fourth-order valence-corrected chi connectivity index (χ4v) is 2.04. The zero-order chi connectivity index (χ0) is 14.6. The van der Waals surface area contributed by atoms with Gasteiger partial charge in [-0.1, -0.05) is 6.92 Å². The highest BCUT2D eigenvalue weighted by molar-refractivity contribution is 5.75.